The maximum absolute atomic E-state index is 4.75. The van der Waals surface area contributed by atoms with E-state index in [1.807, 2.05) is 6.20 Å². The lowest BCUT2D eigenvalue weighted by molar-refractivity contribution is 0.0489. The van der Waals surface area contributed by atoms with Crippen molar-refractivity contribution < 1.29 is 0 Å². The van der Waals surface area contributed by atoms with Crippen LogP contribution in [0.2, 0.25) is 0 Å². The molecule has 0 fully saturated rings. The number of hydrogen-bond acceptors (Lipinski definition) is 1. The molecule has 0 spiro atoms. The summed E-state index contributed by atoms with van der Waals surface area (Å²) in [7, 11) is 0. The number of hydrogen-bond donors (Lipinski definition) is 0. The van der Waals surface area contributed by atoms with E-state index >= 15 is 0 Å². The zero-order valence-electron chi connectivity index (χ0n) is 12.1. The number of rotatable bonds is 0. The van der Waals surface area contributed by atoms with Gasteiger partial charge >= 0.3 is 0 Å². The number of aromatic nitrogens is 1. The minimum Gasteiger partial charge on any atom is -0.260 e. The van der Waals surface area contributed by atoms with Crippen molar-refractivity contribution in [1.82, 2.24) is 4.98 Å². The van der Waals surface area contributed by atoms with Crippen molar-refractivity contribution in [3.05, 3.63) is 29.6 Å². The first-order chi connectivity index (χ1) is 7.70. The minimum atomic E-state index is 0.191. The van der Waals surface area contributed by atoms with Gasteiger partial charge in [-0.25, -0.2) is 0 Å². The molecule has 1 aliphatic rings. The molecule has 1 aliphatic carbocycles. The maximum Gasteiger partial charge on any atom is 0.0507 e. The summed E-state index contributed by atoms with van der Waals surface area (Å²) in [6.45, 7) is 14.2. The summed E-state index contributed by atoms with van der Waals surface area (Å²) in [6.07, 6.45) is 4.36. The van der Waals surface area contributed by atoms with Crippen LogP contribution in [0.3, 0.4) is 0 Å². The largest absolute Gasteiger partial charge is 0.260 e. The third kappa shape index (κ3) is 1.63. The van der Waals surface area contributed by atoms with Crippen LogP contribution >= 0.6 is 0 Å². The highest BCUT2D eigenvalue weighted by Gasteiger charge is 2.55. The van der Waals surface area contributed by atoms with Crippen molar-refractivity contribution in [1.29, 1.82) is 0 Å². The average Bonchev–Trinajstić information content (AvgIpc) is 2.55. The van der Waals surface area contributed by atoms with Gasteiger partial charge in [0.25, 0.3) is 0 Å². The molecule has 0 saturated carbocycles. The van der Waals surface area contributed by atoms with Gasteiger partial charge in [0, 0.05) is 11.6 Å². The molecule has 1 aromatic heterocycles. The van der Waals surface area contributed by atoms with Crippen LogP contribution in [0.4, 0.5) is 0 Å². The monoisotopic (exact) mass is 231 g/mol. The van der Waals surface area contributed by atoms with Crippen LogP contribution in [0.15, 0.2) is 18.3 Å². The van der Waals surface area contributed by atoms with Gasteiger partial charge in [0.1, 0.15) is 0 Å². The Morgan fingerprint density at radius 3 is 2.18 bits per heavy atom. The molecule has 0 aliphatic heterocycles. The smallest absolute Gasteiger partial charge is 0.0507 e. The van der Waals surface area contributed by atoms with Crippen molar-refractivity contribution in [2.45, 2.75) is 59.8 Å². The number of fused-ring (bicyclic) bond motifs is 1. The zero-order chi connectivity index (χ0) is 12.9. The second kappa shape index (κ2) is 3.57. The van der Waals surface area contributed by atoms with E-state index < -0.39 is 0 Å². The highest BCUT2D eigenvalue weighted by atomic mass is 14.8. The van der Waals surface area contributed by atoms with Gasteiger partial charge < -0.3 is 0 Å². The first kappa shape index (κ1) is 12.6. The summed E-state index contributed by atoms with van der Waals surface area (Å²) >= 11 is 0. The van der Waals surface area contributed by atoms with E-state index in [-0.39, 0.29) is 16.2 Å². The Hall–Kier alpha value is -0.850. The van der Waals surface area contributed by atoms with E-state index in [0.717, 1.165) is 0 Å². The minimum absolute atomic E-state index is 0.191. The Morgan fingerprint density at radius 2 is 1.65 bits per heavy atom. The molecule has 17 heavy (non-hydrogen) atoms. The van der Waals surface area contributed by atoms with Crippen LogP contribution in [0.5, 0.6) is 0 Å². The van der Waals surface area contributed by atoms with Crippen LogP contribution in [0.1, 0.15) is 59.2 Å². The summed E-state index contributed by atoms with van der Waals surface area (Å²) in [5.74, 6) is 0. The summed E-state index contributed by atoms with van der Waals surface area (Å²) in [6, 6.07) is 4.32. The predicted octanol–water partition coefficient (Wildman–Crippen LogP) is 4.36. The van der Waals surface area contributed by atoms with Gasteiger partial charge in [-0.1, -0.05) is 47.6 Å². The highest BCUT2D eigenvalue weighted by molar-refractivity contribution is 5.37. The first-order valence-corrected chi connectivity index (χ1v) is 6.64. The number of nitrogens with zero attached hydrogens (tertiary/aromatic N) is 1. The Morgan fingerprint density at radius 1 is 1.06 bits per heavy atom. The van der Waals surface area contributed by atoms with E-state index in [9.17, 15) is 0 Å². The molecular weight excluding hydrogens is 206 g/mol. The molecule has 94 valence electrons. The van der Waals surface area contributed by atoms with Crippen LogP contribution < -0.4 is 0 Å². The number of aryl methyl sites for hydroxylation is 1. The Bertz CT molecular complexity index is 404. The van der Waals surface area contributed by atoms with Crippen molar-refractivity contribution in [3.63, 3.8) is 0 Å². The van der Waals surface area contributed by atoms with Crippen molar-refractivity contribution in [2.75, 3.05) is 0 Å². The molecule has 0 saturated heterocycles. The summed E-state index contributed by atoms with van der Waals surface area (Å²) < 4.78 is 0. The third-order valence-corrected chi connectivity index (χ3v) is 4.63. The van der Waals surface area contributed by atoms with Gasteiger partial charge in [-0.3, -0.25) is 4.98 Å². The third-order valence-electron chi connectivity index (χ3n) is 4.63. The highest BCUT2D eigenvalue weighted by Crippen LogP contribution is 2.58. The second-order valence-electron chi connectivity index (χ2n) is 7.42. The van der Waals surface area contributed by atoms with Gasteiger partial charge in [0.15, 0.2) is 0 Å². The maximum atomic E-state index is 4.75. The Kier molecular flexibility index (Phi) is 2.65. The molecule has 1 nitrogen and oxygen atoms in total. The van der Waals surface area contributed by atoms with E-state index in [0.29, 0.717) is 0 Å². The van der Waals surface area contributed by atoms with Crippen molar-refractivity contribution in [2.24, 2.45) is 10.8 Å². The fourth-order valence-electron chi connectivity index (χ4n) is 4.05. The lowest BCUT2D eigenvalue weighted by atomic mass is 9.52. The zero-order valence-corrected chi connectivity index (χ0v) is 12.1. The lowest BCUT2D eigenvalue weighted by Gasteiger charge is -2.51. The molecule has 1 aromatic rings. The molecule has 0 bridgehead atoms. The number of pyridine rings is 1. The second-order valence-corrected chi connectivity index (χ2v) is 7.42. The van der Waals surface area contributed by atoms with Crippen molar-refractivity contribution in [3.8, 4) is 0 Å². The van der Waals surface area contributed by atoms with Gasteiger partial charge in [0.05, 0.1) is 5.69 Å². The van der Waals surface area contributed by atoms with Crippen LogP contribution in [0, 0.1) is 10.8 Å². The van der Waals surface area contributed by atoms with Crippen molar-refractivity contribution >= 4 is 0 Å². The topological polar surface area (TPSA) is 12.9 Å². The van der Waals surface area contributed by atoms with Gasteiger partial charge in [0.2, 0.25) is 0 Å². The molecule has 1 heterocycles. The van der Waals surface area contributed by atoms with E-state index in [1.54, 1.807) is 0 Å². The molecule has 0 radical (unpaired) electrons. The summed E-state index contributed by atoms with van der Waals surface area (Å²) in [5, 5.41) is 0. The summed E-state index contributed by atoms with van der Waals surface area (Å²) in [5.41, 5.74) is 3.48. The molecule has 0 unspecified atom stereocenters. The molecule has 2 rings (SSSR count). The van der Waals surface area contributed by atoms with Crippen LogP contribution in [-0.4, -0.2) is 4.98 Å². The molecule has 1 heteroatoms. The van der Waals surface area contributed by atoms with Crippen LogP contribution in [0.25, 0.3) is 0 Å². The van der Waals surface area contributed by atoms with Gasteiger partial charge in [-0.15, -0.1) is 0 Å². The SMILES string of the molecule is CC(C)(C)C1(C(C)(C)C)CCc2cccnc21. The Labute approximate surface area is 106 Å². The predicted molar refractivity (Wildman–Crippen MR) is 73.1 cm³/mol. The summed E-state index contributed by atoms with van der Waals surface area (Å²) in [4.78, 5) is 4.75. The normalized spacial score (nSPS) is 19.2. The van der Waals surface area contributed by atoms with Gasteiger partial charge in [-0.2, -0.15) is 0 Å². The van der Waals surface area contributed by atoms with E-state index in [1.165, 1.54) is 24.1 Å². The van der Waals surface area contributed by atoms with E-state index in [2.05, 4.69) is 53.7 Å². The molecule has 0 aromatic carbocycles. The van der Waals surface area contributed by atoms with E-state index in [4.69, 9.17) is 4.98 Å². The lowest BCUT2D eigenvalue weighted by Crippen LogP contribution is -2.49. The standard InChI is InChI=1S/C16H25N/c1-14(2,3)16(15(4,5)6)10-9-12-8-7-11-17-13(12)16/h7-8,11H,9-10H2,1-6H3. The van der Waals surface area contributed by atoms with Gasteiger partial charge in [-0.05, 0) is 35.3 Å². The molecular formula is C16H25N. The Balaban J connectivity index is 2.68. The molecule has 0 amide bonds. The fourth-order valence-corrected chi connectivity index (χ4v) is 4.05. The molecule has 0 atom stereocenters. The molecule has 0 N–H and O–H groups in total. The first-order valence-electron chi connectivity index (χ1n) is 6.64. The van der Waals surface area contributed by atoms with Crippen LogP contribution in [-0.2, 0) is 11.8 Å². The quantitative estimate of drug-likeness (QED) is 0.646. The fraction of sp³-hybridized carbons (Fsp3) is 0.688. The average molecular weight is 231 g/mol.